The van der Waals surface area contributed by atoms with Crippen LogP contribution in [-0.2, 0) is 4.79 Å². The van der Waals surface area contributed by atoms with Gasteiger partial charge in [0, 0.05) is 19.2 Å². The summed E-state index contributed by atoms with van der Waals surface area (Å²) < 4.78 is 0. The van der Waals surface area contributed by atoms with Gasteiger partial charge in [-0.25, -0.2) is 0 Å². The summed E-state index contributed by atoms with van der Waals surface area (Å²) in [6.07, 6.45) is 8.27. The molecule has 0 bridgehead atoms. The summed E-state index contributed by atoms with van der Waals surface area (Å²) in [6.45, 7) is 13.8. The van der Waals surface area contributed by atoms with Crippen molar-refractivity contribution < 1.29 is 4.79 Å². The molecule has 2 nitrogen and oxygen atoms in total. The zero-order valence-electron chi connectivity index (χ0n) is 13.4. The van der Waals surface area contributed by atoms with Gasteiger partial charge in [-0.2, -0.15) is 0 Å². The molecule has 0 radical (unpaired) electrons. The van der Waals surface area contributed by atoms with Crippen LogP contribution in [0.2, 0.25) is 0 Å². The predicted octanol–water partition coefficient (Wildman–Crippen LogP) is 4.49. The maximum absolute atomic E-state index is 11.9. The lowest BCUT2D eigenvalue weighted by Gasteiger charge is -2.17. The SMILES string of the molecule is CCN(C/C=C(/C)CCC=C(C)C)C(=O)C=C(C)C. The van der Waals surface area contributed by atoms with Crippen LogP contribution in [-0.4, -0.2) is 23.9 Å². The summed E-state index contributed by atoms with van der Waals surface area (Å²) in [7, 11) is 0. The zero-order valence-corrected chi connectivity index (χ0v) is 13.4. The van der Waals surface area contributed by atoms with Crippen LogP contribution in [0.5, 0.6) is 0 Å². The molecule has 0 spiro atoms. The highest BCUT2D eigenvalue weighted by molar-refractivity contribution is 5.88. The molecule has 0 fully saturated rings. The topological polar surface area (TPSA) is 20.3 Å². The summed E-state index contributed by atoms with van der Waals surface area (Å²) in [5.41, 5.74) is 3.76. The van der Waals surface area contributed by atoms with Crippen molar-refractivity contribution in [3.8, 4) is 0 Å². The summed E-state index contributed by atoms with van der Waals surface area (Å²) in [4.78, 5) is 13.8. The van der Waals surface area contributed by atoms with E-state index in [0.717, 1.165) is 25.0 Å². The Bertz CT molecular complexity index is 367. The molecule has 108 valence electrons. The predicted molar refractivity (Wildman–Crippen MR) is 84.1 cm³/mol. The lowest BCUT2D eigenvalue weighted by molar-refractivity contribution is -0.125. The largest absolute Gasteiger partial charge is 0.336 e. The normalized spacial score (nSPS) is 10.9. The van der Waals surface area contributed by atoms with Gasteiger partial charge in [-0.15, -0.1) is 0 Å². The lowest BCUT2D eigenvalue weighted by Crippen LogP contribution is -2.29. The third-order valence-electron chi connectivity index (χ3n) is 2.86. The van der Waals surface area contributed by atoms with Gasteiger partial charge < -0.3 is 4.90 Å². The fraction of sp³-hybridized carbons (Fsp3) is 0.588. The van der Waals surface area contributed by atoms with E-state index in [1.54, 1.807) is 6.08 Å². The number of amides is 1. The van der Waals surface area contributed by atoms with Crippen LogP contribution in [0.4, 0.5) is 0 Å². The van der Waals surface area contributed by atoms with E-state index < -0.39 is 0 Å². The summed E-state index contributed by atoms with van der Waals surface area (Å²) in [6, 6.07) is 0. The van der Waals surface area contributed by atoms with E-state index >= 15 is 0 Å². The van der Waals surface area contributed by atoms with Crippen LogP contribution >= 0.6 is 0 Å². The molecule has 0 rings (SSSR count). The quantitative estimate of drug-likeness (QED) is 0.489. The Labute approximate surface area is 118 Å². The molecule has 19 heavy (non-hydrogen) atoms. The lowest BCUT2D eigenvalue weighted by atomic mass is 10.1. The second-order valence-corrected chi connectivity index (χ2v) is 5.47. The number of carbonyl (C=O) groups excluding carboxylic acids is 1. The number of rotatable bonds is 7. The van der Waals surface area contributed by atoms with Gasteiger partial charge in [0.15, 0.2) is 0 Å². The summed E-state index contributed by atoms with van der Waals surface area (Å²) in [5.74, 6) is 0.107. The first-order valence-corrected chi connectivity index (χ1v) is 7.09. The molecular formula is C17H29NO. The first kappa shape index (κ1) is 17.7. The van der Waals surface area contributed by atoms with E-state index in [1.165, 1.54) is 11.1 Å². The Balaban J connectivity index is 4.36. The monoisotopic (exact) mass is 263 g/mol. The highest BCUT2D eigenvalue weighted by Crippen LogP contribution is 2.07. The maximum atomic E-state index is 11.9. The standard InChI is InChI=1S/C17H29NO/c1-7-18(17(19)13-15(4)5)12-11-16(6)10-8-9-14(2)3/h9,11,13H,7-8,10,12H2,1-6H3/b16-11-. The smallest absolute Gasteiger partial charge is 0.246 e. The minimum Gasteiger partial charge on any atom is -0.336 e. The zero-order chi connectivity index (χ0) is 14.8. The van der Waals surface area contributed by atoms with Crippen molar-refractivity contribution in [1.82, 2.24) is 4.90 Å². The van der Waals surface area contributed by atoms with Gasteiger partial charge in [-0.05, 0) is 54.4 Å². The van der Waals surface area contributed by atoms with Crippen LogP contribution in [0.25, 0.3) is 0 Å². The van der Waals surface area contributed by atoms with Gasteiger partial charge >= 0.3 is 0 Å². The van der Waals surface area contributed by atoms with Crippen molar-refractivity contribution in [3.63, 3.8) is 0 Å². The first-order chi connectivity index (χ1) is 8.86. The summed E-state index contributed by atoms with van der Waals surface area (Å²) >= 11 is 0. The van der Waals surface area contributed by atoms with Crippen molar-refractivity contribution >= 4 is 5.91 Å². The van der Waals surface area contributed by atoms with Gasteiger partial charge in [0.05, 0.1) is 0 Å². The molecule has 0 aromatic heterocycles. The second kappa shape index (κ2) is 9.60. The number of nitrogens with zero attached hydrogens (tertiary/aromatic N) is 1. The van der Waals surface area contributed by atoms with E-state index in [1.807, 2.05) is 25.7 Å². The van der Waals surface area contributed by atoms with E-state index in [4.69, 9.17) is 0 Å². The number of hydrogen-bond donors (Lipinski definition) is 0. The number of hydrogen-bond acceptors (Lipinski definition) is 1. The molecule has 0 aromatic rings. The molecule has 2 heteroatoms. The van der Waals surface area contributed by atoms with Crippen molar-refractivity contribution in [3.05, 3.63) is 34.9 Å². The molecule has 0 atom stereocenters. The molecule has 0 aliphatic heterocycles. The highest BCUT2D eigenvalue weighted by atomic mass is 16.2. The Hall–Kier alpha value is -1.31. The minimum absolute atomic E-state index is 0.107. The van der Waals surface area contributed by atoms with E-state index in [0.29, 0.717) is 6.54 Å². The first-order valence-electron chi connectivity index (χ1n) is 7.09. The van der Waals surface area contributed by atoms with Crippen molar-refractivity contribution in [1.29, 1.82) is 0 Å². The number of allylic oxidation sites excluding steroid dienone is 4. The van der Waals surface area contributed by atoms with Crippen molar-refractivity contribution in [2.24, 2.45) is 0 Å². The van der Waals surface area contributed by atoms with Crippen molar-refractivity contribution in [2.45, 2.75) is 54.4 Å². The third kappa shape index (κ3) is 9.29. The second-order valence-electron chi connectivity index (χ2n) is 5.47. The van der Waals surface area contributed by atoms with E-state index in [9.17, 15) is 4.79 Å². The molecule has 0 unspecified atom stereocenters. The molecule has 0 heterocycles. The number of likely N-dealkylation sites (N-methyl/N-ethyl adjacent to an activating group) is 1. The fourth-order valence-electron chi connectivity index (χ4n) is 1.67. The average Bonchev–Trinajstić information content (AvgIpc) is 2.28. The van der Waals surface area contributed by atoms with Crippen LogP contribution in [0.3, 0.4) is 0 Å². The molecule has 0 aliphatic carbocycles. The fourth-order valence-corrected chi connectivity index (χ4v) is 1.67. The van der Waals surface area contributed by atoms with Gasteiger partial charge in [0.2, 0.25) is 5.91 Å². The molecular weight excluding hydrogens is 234 g/mol. The average molecular weight is 263 g/mol. The molecule has 0 saturated carbocycles. The van der Waals surface area contributed by atoms with Crippen LogP contribution in [0.15, 0.2) is 34.9 Å². The van der Waals surface area contributed by atoms with Gasteiger partial charge in [-0.1, -0.05) is 28.9 Å². The maximum Gasteiger partial charge on any atom is 0.246 e. The summed E-state index contributed by atoms with van der Waals surface area (Å²) in [5, 5.41) is 0. The Kier molecular flexibility index (Phi) is 8.94. The van der Waals surface area contributed by atoms with Gasteiger partial charge in [0.1, 0.15) is 0 Å². The van der Waals surface area contributed by atoms with Gasteiger partial charge in [0.25, 0.3) is 0 Å². The van der Waals surface area contributed by atoms with E-state index in [-0.39, 0.29) is 5.91 Å². The van der Waals surface area contributed by atoms with Gasteiger partial charge in [-0.3, -0.25) is 4.79 Å². The Morgan fingerprint density at radius 2 is 1.63 bits per heavy atom. The Morgan fingerprint density at radius 1 is 1.00 bits per heavy atom. The van der Waals surface area contributed by atoms with Crippen molar-refractivity contribution in [2.75, 3.05) is 13.1 Å². The molecule has 0 aromatic carbocycles. The minimum atomic E-state index is 0.107. The Morgan fingerprint density at radius 3 is 2.11 bits per heavy atom. The molecule has 0 N–H and O–H groups in total. The highest BCUT2D eigenvalue weighted by Gasteiger charge is 2.06. The van der Waals surface area contributed by atoms with Crippen LogP contribution in [0, 0.1) is 0 Å². The van der Waals surface area contributed by atoms with Crippen LogP contribution in [0.1, 0.15) is 54.4 Å². The third-order valence-corrected chi connectivity index (χ3v) is 2.86. The number of carbonyl (C=O) groups is 1. The molecule has 0 saturated heterocycles. The van der Waals surface area contributed by atoms with Crippen LogP contribution < -0.4 is 0 Å². The molecule has 1 amide bonds. The van der Waals surface area contributed by atoms with E-state index in [2.05, 4.69) is 32.9 Å². The molecule has 0 aliphatic rings.